The summed E-state index contributed by atoms with van der Waals surface area (Å²) in [5.74, 6) is 1.51. The van der Waals surface area contributed by atoms with Crippen LogP contribution in [-0.4, -0.2) is 20.8 Å². The van der Waals surface area contributed by atoms with Crippen LogP contribution in [0.4, 0.5) is 0 Å². The maximum Gasteiger partial charge on any atom is 0.296 e. The highest BCUT2D eigenvalue weighted by molar-refractivity contribution is 14.1. The molecule has 27 heavy (non-hydrogen) atoms. The second-order valence-electron chi connectivity index (χ2n) is 7.12. The Bertz CT molecular complexity index is 819. The van der Waals surface area contributed by atoms with Crippen LogP contribution in [0.15, 0.2) is 24.3 Å². The highest BCUT2D eigenvalue weighted by Gasteiger charge is 2.17. The van der Waals surface area contributed by atoms with Gasteiger partial charge in [0.1, 0.15) is 11.5 Å². The van der Waals surface area contributed by atoms with Gasteiger partial charge in [0.25, 0.3) is 5.97 Å². The van der Waals surface area contributed by atoms with Crippen LogP contribution in [-0.2, 0) is 15.6 Å². The fourth-order valence-corrected chi connectivity index (χ4v) is 6.57. The van der Waals surface area contributed by atoms with Gasteiger partial charge in [0, 0.05) is 0 Å². The van der Waals surface area contributed by atoms with Gasteiger partial charge in [0.15, 0.2) is 5.75 Å². The van der Waals surface area contributed by atoms with E-state index in [0.29, 0.717) is 5.75 Å². The van der Waals surface area contributed by atoms with Crippen LogP contribution in [0, 0.1) is 14.3 Å². The molecule has 0 aliphatic rings. The van der Waals surface area contributed by atoms with Crippen molar-refractivity contribution in [1.82, 2.24) is 0 Å². The minimum atomic E-state index is -0.891. The van der Waals surface area contributed by atoms with Gasteiger partial charge in [-0.3, -0.25) is 4.79 Å². The van der Waals surface area contributed by atoms with Crippen molar-refractivity contribution < 1.29 is 19.1 Å². The molecular weight excluding hydrogens is 816 g/mol. The van der Waals surface area contributed by atoms with Crippen LogP contribution in [0.2, 0.25) is 5.04 Å². The second-order valence-corrected chi connectivity index (χ2v) is 14.5. The summed E-state index contributed by atoms with van der Waals surface area (Å²) in [5, 5.41) is 10.00. The highest BCUT2D eigenvalue weighted by Crippen LogP contribution is 2.37. The number of ether oxygens (including phenoxy) is 1. The maximum atomic E-state index is 12.1. The average Bonchev–Trinajstić information content (AvgIpc) is 2.53. The van der Waals surface area contributed by atoms with Crippen LogP contribution >= 0.6 is 90.4 Å². The first-order valence-corrected chi connectivity index (χ1v) is 13.6. The van der Waals surface area contributed by atoms with Gasteiger partial charge in [-0.2, -0.15) is 0 Å². The molecule has 1 N–H and O–H groups in total. The smallest absolute Gasteiger partial charge is 0.296 e. The maximum absolute atomic E-state index is 12.1. The summed E-state index contributed by atoms with van der Waals surface area (Å²) >= 11 is 8.60. The van der Waals surface area contributed by atoms with Gasteiger partial charge in [0.05, 0.1) is 20.7 Å². The van der Waals surface area contributed by atoms with Gasteiger partial charge in [0.2, 0.25) is 9.76 Å². The molecule has 0 aromatic heterocycles. The van der Waals surface area contributed by atoms with Crippen molar-refractivity contribution in [3.8, 4) is 17.2 Å². The predicted octanol–water partition coefficient (Wildman–Crippen LogP) is 5.99. The molecule has 0 radical (unpaired) electrons. The fraction of sp³-hybridized carbons (Fsp3) is 0.278. The minimum absolute atomic E-state index is 0.0926. The third-order valence-electron chi connectivity index (χ3n) is 3.28. The Morgan fingerprint density at radius 3 is 2.00 bits per heavy atom. The number of carbonyl (C=O) groups excluding carboxylic acids is 1. The van der Waals surface area contributed by atoms with Gasteiger partial charge >= 0.3 is 0 Å². The zero-order valence-corrected chi connectivity index (χ0v) is 25.0. The number of carbonyl (C=O) groups is 1. The average molecular weight is 834 g/mol. The molecule has 9 heteroatoms. The third-order valence-corrected chi connectivity index (χ3v) is 7.86. The molecule has 2 aromatic rings. The Kier molecular flexibility index (Phi) is 8.95. The molecule has 0 spiro atoms. The third kappa shape index (κ3) is 7.44. The van der Waals surface area contributed by atoms with E-state index in [1.165, 1.54) is 0 Å². The lowest BCUT2D eigenvalue weighted by molar-refractivity contribution is -0.133. The van der Waals surface area contributed by atoms with Crippen molar-refractivity contribution in [2.24, 2.45) is 0 Å². The molecule has 0 saturated carbocycles. The summed E-state index contributed by atoms with van der Waals surface area (Å²) in [4.78, 5) is 12.1. The quantitative estimate of drug-likeness (QED) is 0.298. The van der Waals surface area contributed by atoms with Crippen molar-refractivity contribution in [3.05, 3.63) is 44.1 Å². The number of phenols is 1. The number of halogens is 4. The number of benzene rings is 2. The van der Waals surface area contributed by atoms with E-state index in [0.717, 1.165) is 25.6 Å². The standard InChI is InChI=1S/C18H18I4O4Si/c1-18(2,3)27-26-15(23)6-9-4-13(21)17(14(22)5-9)25-10-7-11(19)16(24)12(20)8-10/h4-5,7-8,24H,6,27H2,1-3H3. The molecule has 0 bridgehead atoms. The van der Waals surface area contributed by atoms with Crippen molar-refractivity contribution in [2.45, 2.75) is 32.2 Å². The summed E-state index contributed by atoms with van der Waals surface area (Å²) in [5.41, 5.74) is 0.916. The lowest BCUT2D eigenvalue weighted by Crippen LogP contribution is -2.18. The van der Waals surface area contributed by atoms with Crippen LogP contribution in [0.1, 0.15) is 26.3 Å². The van der Waals surface area contributed by atoms with Crippen LogP contribution < -0.4 is 4.74 Å². The SMILES string of the molecule is CC(C)(C)[SiH2]OC(=O)Cc1cc(I)c(Oc2cc(I)c(O)c(I)c2)c(I)c1. The number of hydrogen-bond acceptors (Lipinski definition) is 4. The first-order chi connectivity index (χ1) is 12.5. The monoisotopic (exact) mass is 834 g/mol. The van der Waals surface area contributed by atoms with Gasteiger partial charge < -0.3 is 14.3 Å². The van der Waals surface area contributed by atoms with Gasteiger partial charge in [-0.15, -0.1) is 0 Å². The Balaban J connectivity index is 2.16. The van der Waals surface area contributed by atoms with Gasteiger partial charge in [-0.1, -0.05) is 20.8 Å². The van der Waals surface area contributed by atoms with E-state index >= 15 is 0 Å². The summed E-state index contributed by atoms with van der Waals surface area (Å²) in [6.07, 6.45) is 0.268. The molecule has 2 rings (SSSR count). The molecule has 0 amide bonds. The molecule has 146 valence electrons. The van der Waals surface area contributed by atoms with Crippen molar-refractivity contribution in [1.29, 1.82) is 0 Å². The zero-order chi connectivity index (χ0) is 20.4. The number of rotatable bonds is 5. The highest BCUT2D eigenvalue weighted by atomic mass is 127. The van der Waals surface area contributed by atoms with Gasteiger partial charge in [-0.05, 0) is 125 Å². The predicted molar refractivity (Wildman–Crippen MR) is 144 cm³/mol. The Hall–Kier alpha value is 0.647. The molecule has 4 nitrogen and oxygen atoms in total. The van der Waals surface area contributed by atoms with Crippen molar-refractivity contribution >= 4 is 106 Å². The summed E-state index contributed by atoms with van der Waals surface area (Å²) < 4.78 is 14.9. The second kappa shape index (κ2) is 10.1. The molecule has 0 aliphatic heterocycles. The number of phenolic OH excluding ortho intramolecular Hbond substituents is 1. The topological polar surface area (TPSA) is 55.8 Å². The zero-order valence-electron chi connectivity index (χ0n) is 14.9. The summed E-state index contributed by atoms with van der Waals surface area (Å²) in [6, 6.07) is 7.50. The minimum Gasteiger partial charge on any atom is -0.524 e. The van der Waals surface area contributed by atoms with E-state index in [9.17, 15) is 9.90 Å². The molecule has 0 saturated heterocycles. The number of hydrogen-bond donors (Lipinski definition) is 1. The number of aromatic hydroxyl groups is 1. The first kappa shape index (κ1) is 23.9. The molecule has 2 aromatic carbocycles. The Morgan fingerprint density at radius 1 is 1.00 bits per heavy atom. The largest absolute Gasteiger partial charge is 0.524 e. The van der Waals surface area contributed by atoms with E-state index in [-0.39, 0.29) is 23.2 Å². The van der Waals surface area contributed by atoms with Crippen LogP contribution in [0.3, 0.4) is 0 Å². The Labute approximate surface area is 216 Å². The summed E-state index contributed by atoms with van der Waals surface area (Å²) in [7, 11) is -0.891. The normalized spacial score (nSPS) is 11.8. The lowest BCUT2D eigenvalue weighted by Gasteiger charge is -2.17. The molecule has 0 atom stereocenters. The molecule has 0 heterocycles. The molecule has 0 aliphatic carbocycles. The summed E-state index contributed by atoms with van der Waals surface area (Å²) in [6.45, 7) is 6.28. The molecular formula is C18H18I4O4Si. The van der Waals surface area contributed by atoms with Gasteiger partial charge in [-0.25, -0.2) is 0 Å². The van der Waals surface area contributed by atoms with Crippen LogP contribution in [0.5, 0.6) is 17.2 Å². The fourth-order valence-electron chi connectivity index (χ4n) is 2.05. The van der Waals surface area contributed by atoms with Crippen molar-refractivity contribution in [2.75, 3.05) is 0 Å². The van der Waals surface area contributed by atoms with E-state index in [1.54, 1.807) is 12.1 Å². The lowest BCUT2D eigenvalue weighted by atomic mass is 10.1. The van der Waals surface area contributed by atoms with Crippen molar-refractivity contribution in [3.63, 3.8) is 0 Å². The van der Waals surface area contributed by atoms with E-state index in [4.69, 9.17) is 9.16 Å². The van der Waals surface area contributed by atoms with E-state index < -0.39 is 9.76 Å². The molecule has 0 fully saturated rings. The van der Waals surface area contributed by atoms with E-state index in [1.807, 2.05) is 12.1 Å². The first-order valence-electron chi connectivity index (χ1n) is 7.95. The molecule has 0 unspecified atom stereocenters. The van der Waals surface area contributed by atoms with Crippen LogP contribution in [0.25, 0.3) is 0 Å². The van der Waals surface area contributed by atoms with E-state index in [2.05, 4.69) is 111 Å². The Morgan fingerprint density at radius 2 is 1.52 bits per heavy atom.